The topological polar surface area (TPSA) is 78.6 Å². The van der Waals surface area contributed by atoms with Crippen molar-refractivity contribution in [3.63, 3.8) is 0 Å². The average molecular weight is 323 g/mol. The summed E-state index contributed by atoms with van der Waals surface area (Å²) in [6.45, 7) is 4.89. The van der Waals surface area contributed by atoms with Gasteiger partial charge in [0.25, 0.3) is 0 Å². The smallest absolute Gasteiger partial charge is 0.404 e. The van der Waals surface area contributed by atoms with E-state index in [2.05, 4.69) is 18.6 Å². The summed E-state index contributed by atoms with van der Waals surface area (Å²) >= 11 is 0. The summed E-state index contributed by atoms with van der Waals surface area (Å²) in [4.78, 5) is 22.1. The molecule has 7 heteroatoms. The molecule has 2 N–H and O–H groups in total. The van der Waals surface area contributed by atoms with Crippen LogP contribution in [0, 0.1) is 5.92 Å². The van der Waals surface area contributed by atoms with Crippen LogP contribution < -0.4 is 5.73 Å². The summed E-state index contributed by atoms with van der Waals surface area (Å²) in [6.07, 6.45) is 3.06. The highest BCUT2D eigenvalue weighted by Gasteiger charge is 2.17. The summed E-state index contributed by atoms with van der Waals surface area (Å²) in [5, 5.41) is 0. The van der Waals surface area contributed by atoms with E-state index < -0.39 is 6.09 Å². The highest BCUT2D eigenvalue weighted by Crippen LogP contribution is 2.21. The molecule has 0 heterocycles. The molecule has 0 atom stereocenters. The Morgan fingerprint density at radius 3 is 1.95 bits per heavy atom. The zero-order chi connectivity index (χ0) is 15.2. The van der Waals surface area contributed by atoms with Crippen molar-refractivity contribution in [2.45, 2.75) is 39.5 Å². The molecule has 0 saturated carbocycles. The van der Waals surface area contributed by atoms with Crippen LogP contribution in [0.1, 0.15) is 39.5 Å². The number of ether oxygens (including phenoxy) is 2. The maximum atomic E-state index is 11.8. The number of rotatable bonds is 12. The van der Waals surface area contributed by atoms with Gasteiger partial charge in [0.15, 0.2) is 0 Å². The molecule has 0 aromatic heterocycles. The van der Waals surface area contributed by atoms with Crippen LogP contribution in [0.3, 0.4) is 0 Å². The molecule has 0 spiro atoms. The monoisotopic (exact) mass is 323 g/mol. The van der Waals surface area contributed by atoms with Crippen LogP contribution in [-0.4, -0.2) is 36.8 Å². The Morgan fingerprint density at radius 1 is 1.00 bits per heavy atom. The number of esters is 1. The highest BCUT2D eigenvalue weighted by atomic mass is 33.1. The van der Waals surface area contributed by atoms with Gasteiger partial charge in [-0.05, 0) is 12.8 Å². The third kappa shape index (κ3) is 11.3. The third-order valence-corrected chi connectivity index (χ3v) is 4.85. The van der Waals surface area contributed by atoms with Gasteiger partial charge in [-0.15, -0.1) is 0 Å². The molecule has 20 heavy (non-hydrogen) atoms. The summed E-state index contributed by atoms with van der Waals surface area (Å²) in [5.74, 6) is 1.39. The third-order valence-electron chi connectivity index (χ3n) is 2.51. The normalized spacial score (nSPS) is 10.6. The van der Waals surface area contributed by atoms with Gasteiger partial charge >= 0.3 is 12.1 Å². The van der Waals surface area contributed by atoms with Crippen molar-refractivity contribution < 1.29 is 19.1 Å². The number of primary amides is 1. The summed E-state index contributed by atoms with van der Waals surface area (Å²) in [7, 11) is 3.16. The quantitative estimate of drug-likeness (QED) is 0.337. The van der Waals surface area contributed by atoms with Crippen LogP contribution in [-0.2, 0) is 14.3 Å². The van der Waals surface area contributed by atoms with E-state index >= 15 is 0 Å². The predicted octanol–water partition coefficient (Wildman–Crippen LogP) is 3.22. The van der Waals surface area contributed by atoms with Crippen molar-refractivity contribution in [3.8, 4) is 0 Å². The van der Waals surface area contributed by atoms with Crippen LogP contribution >= 0.6 is 21.6 Å². The maximum absolute atomic E-state index is 11.8. The Kier molecular flexibility index (Phi) is 13.0. The van der Waals surface area contributed by atoms with E-state index in [1.807, 2.05) is 0 Å². The second-order valence-electron chi connectivity index (χ2n) is 4.25. The Balaban J connectivity index is 3.52. The molecule has 0 aliphatic rings. The van der Waals surface area contributed by atoms with E-state index in [1.165, 1.54) is 0 Å². The van der Waals surface area contributed by atoms with Crippen molar-refractivity contribution in [2.24, 2.45) is 11.7 Å². The first-order valence-electron chi connectivity index (χ1n) is 6.95. The largest absolute Gasteiger partial charge is 0.465 e. The first kappa shape index (κ1) is 19.4. The van der Waals surface area contributed by atoms with Gasteiger partial charge in [0, 0.05) is 11.5 Å². The van der Waals surface area contributed by atoms with Crippen molar-refractivity contribution in [1.29, 1.82) is 0 Å². The van der Waals surface area contributed by atoms with E-state index in [0.717, 1.165) is 31.4 Å². The van der Waals surface area contributed by atoms with Crippen molar-refractivity contribution in [1.82, 2.24) is 0 Å². The standard InChI is InChI=1S/C13H25NO4S2/c1-3-5-11(6-4-2)12(15)17-7-9-19-20-10-8-18-13(14)16/h11H,3-10H2,1-2H3,(H2,14,16). The summed E-state index contributed by atoms with van der Waals surface area (Å²) in [5.41, 5.74) is 4.83. The fraction of sp³-hybridized carbons (Fsp3) is 0.846. The van der Waals surface area contributed by atoms with E-state index in [9.17, 15) is 9.59 Å². The number of hydrogen-bond acceptors (Lipinski definition) is 6. The first-order chi connectivity index (χ1) is 9.61. The van der Waals surface area contributed by atoms with Gasteiger partial charge in [-0.3, -0.25) is 4.79 Å². The molecule has 0 unspecified atom stereocenters. The van der Waals surface area contributed by atoms with Crippen LogP contribution in [0.2, 0.25) is 0 Å². The molecular weight excluding hydrogens is 298 g/mol. The van der Waals surface area contributed by atoms with Gasteiger partial charge in [0.05, 0.1) is 5.92 Å². The van der Waals surface area contributed by atoms with Gasteiger partial charge < -0.3 is 15.2 Å². The second kappa shape index (κ2) is 13.4. The second-order valence-corrected chi connectivity index (χ2v) is 6.96. The maximum Gasteiger partial charge on any atom is 0.404 e. The van der Waals surface area contributed by atoms with E-state index in [1.54, 1.807) is 21.6 Å². The molecule has 0 aliphatic carbocycles. The lowest BCUT2D eigenvalue weighted by atomic mass is 9.99. The molecule has 118 valence electrons. The molecular formula is C13H25NO4S2. The van der Waals surface area contributed by atoms with Crippen molar-refractivity contribution in [2.75, 3.05) is 24.7 Å². The first-order valence-corrected chi connectivity index (χ1v) is 9.43. The van der Waals surface area contributed by atoms with Crippen LogP contribution in [0.15, 0.2) is 0 Å². The summed E-state index contributed by atoms with van der Waals surface area (Å²) < 4.78 is 9.87. The Bertz CT molecular complexity index is 271. The van der Waals surface area contributed by atoms with Crippen LogP contribution in [0.4, 0.5) is 4.79 Å². The fourth-order valence-corrected chi connectivity index (χ4v) is 3.32. The van der Waals surface area contributed by atoms with Gasteiger partial charge in [-0.25, -0.2) is 4.79 Å². The Morgan fingerprint density at radius 2 is 1.50 bits per heavy atom. The lowest BCUT2D eigenvalue weighted by molar-refractivity contribution is -0.148. The zero-order valence-electron chi connectivity index (χ0n) is 12.3. The molecule has 0 aliphatic heterocycles. The molecule has 5 nitrogen and oxygen atoms in total. The van der Waals surface area contributed by atoms with Gasteiger partial charge in [-0.2, -0.15) is 0 Å². The minimum atomic E-state index is -0.748. The number of hydrogen-bond donors (Lipinski definition) is 1. The molecule has 0 fully saturated rings. The molecule has 1 amide bonds. The average Bonchev–Trinajstić information content (AvgIpc) is 2.41. The number of carbonyl (C=O) groups is 2. The molecule has 0 radical (unpaired) electrons. The van der Waals surface area contributed by atoms with Gasteiger partial charge in [0.1, 0.15) is 13.2 Å². The minimum Gasteiger partial charge on any atom is -0.465 e. The van der Waals surface area contributed by atoms with Crippen LogP contribution in [0.5, 0.6) is 0 Å². The molecule has 0 saturated heterocycles. The zero-order valence-corrected chi connectivity index (χ0v) is 13.9. The number of nitrogens with two attached hydrogens (primary N) is 1. The number of carbonyl (C=O) groups excluding carboxylic acids is 2. The summed E-state index contributed by atoms with van der Waals surface area (Å²) in [6, 6.07) is 0. The highest BCUT2D eigenvalue weighted by molar-refractivity contribution is 8.76. The molecule has 0 aromatic carbocycles. The molecule has 0 aromatic rings. The van der Waals surface area contributed by atoms with Gasteiger partial charge in [0.2, 0.25) is 0 Å². The van der Waals surface area contributed by atoms with E-state index in [4.69, 9.17) is 10.5 Å². The minimum absolute atomic E-state index is 0.0478. The van der Waals surface area contributed by atoms with Crippen LogP contribution in [0.25, 0.3) is 0 Å². The van der Waals surface area contributed by atoms with E-state index in [-0.39, 0.29) is 11.9 Å². The predicted molar refractivity (Wildman–Crippen MR) is 84.7 cm³/mol. The molecule has 0 bridgehead atoms. The molecule has 0 rings (SSSR count). The van der Waals surface area contributed by atoms with E-state index in [0.29, 0.717) is 19.0 Å². The fourth-order valence-electron chi connectivity index (χ4n) is 1.67. The van der Waals surface area contributed by atoms with Gasteiger partial charge in [-0.1, -0.05) is 48.3 Å². The SMILES string of the molecule is CCCC(CCC)C(=O)OCCSSCCOC(N)=O. The van der Waals surface area contributed by atoms with Crippen molar-refractivity contribution in [3.05, 3.63) is 0 Å². The Hall–Kier alpha value is -0.560. The number of amides is 1. The lowest BCUT2D eigenvalue weighted by Gasteiger charge is -2.14. The Labute approximate surface area is 129 Å². The lowest BCUT2D eigenvalue weighted by Crippen LogP contribution is -2.18. The van der Waals surface area contributed by atoms with Crippen molar-refractivity contribution >= 4 is 33.7 Å².